The first-order chi connectivity index (χ1) is 8.67. The summed E-state index contributed by atoms with van der Waals surface area (Å²) in [5, 5.41) is 2.92. The zero-order valence-corrected chi connectivity index (χ0v) is 11.2. The molecular formula is C15H22FNO. The number of rotatable bonds is 7. The van der Waals surface area contributed by atoms with Gasteiger partial charge in [-0.3, -0.25) is 4.79 Å². The summed E-state index contributed by atoms with van der Waals surface area (Å²) in [6, 6.07) is 5.64. The zero-order valence-electron chi connectivity index (χ0n) is 11.2. The average molecular weight is 251 g/mol. The lowest BCUT2D eigenvalue weighted by molar-refractivity contribution is 0.0946. The molecule has 0 spiro atoms. The van der Waals surface area contributed by atoms with E-state index in [9.17, 15) is 9.18 Å². The van der Waals surface area contributed by atoms with Crippen LogP contribution in [0, 0.1) is 11.7 Å². The van der Waals surface area contributed by atoms with Crippen molar-refractivity contribution < 1.29 is 9.18 Å². The van der Waals surface area contributed by atoms with E-state index >= 15 is 0 Å². The lowest BCUT2D eigenvalue weighted by Gasteiger charge is -2.15. The highest BCUT2D eigenvalue weighted by atomic mass is 19.1. The van der Waals surface area contributed by atoms with Gasteiger partial charge in [0, 0.05) is 12.1 Å². The molecule has 1 aromatic carbocycles. The van der Waals surface area contributed by atoms with Gasteiger partial charge in [0.2, 0.25) is 0 Å². The van der Waals surface area contributed by atoms with Crippen molar-refractivity contribution in [2.45, 2.75) is 39.5 Å². The fraction of sp³-hybridized carbons (Fsp3) is 0.533. The first-order valence-electron chi connectivity index (χ1n) is 6.71. The third-order valence-corrected chi connectivity index (χ3v) is 3.20. The number of amides is 1. The maximum absolute atomic E-state index is 12.7. The summed E-state index contributed by atoms with van der Waals surface area (Å²) in [5.74, 6) is 0.0974. The van der Waals surface area contributed by atoms with Crippen molar-refractivity contribution in [2.75, 3.05) is 6.54 Å². The highest BCUT2D eigenvalue weighted by molar-refractivity contribution is 5.94. The van der Waals surface area contributed by atoms with Crippen LogP contribution in [0.25, 0.3) is 0 Å². The Kier molecular flexibility index (Phi) is 6.40. The van der Waals surface area contributed by atoms with Gasteiger partial charge in [0.25, 0.3) is 5.91 Å². The molecule has 1 N–H and O–H groups in total. The monoisotopic (exact) mass is 251 g/mol. The van der Waals surface area contributed by atoms with E-state index in [4.69, 9.17) is 0 Å². The molecule has 0 radical (unpaired) electrons. The van der Waals surface area contributed by atoms with E-state index < -0.39 is 0 Å². The molecule has 0 aliphatic carbocycles. The SMILES string of the molecule is CCCC[C@H](CC)CNC(=O)c1ccc(F)cc1. The van der Waals surface area contributed by atoms with Gasteiger partial charge in [-0.25, -0.2) is 4.39 Å². The molecule has 100 valence electrons. The van der Waals surface area contributed by atoms with Crippen molar-refractivity contribution in [3.63, 3.8) is 0 Å². The van der Waals surface area contributed by atoms with E-state index in [-0.39, 0.29) is 11.7 Å². The van der Waals surface area contributed by atoms with Gasteiger partial charge < -0.3 is 5.32 Å². The van der Waals surface area contributed by atoms with Crippen molar-refractivity contribution >= 4 is 5.91 Å². The van der Waals surface area contributed by atoms with E-state index in [0.29, 0.717) is 18.0 Å². The summed E-state index contributed by atoms with van der Waals surface area (Å²) in [4.78, 5) is 11.8. The molecule has 0 fully saturated rings. The second-order valence-electron chi connectivity index (χ2n) is 4.63. The van der Waals surface area contributed by atoms with E-state index in [2.05, 4.69) is 19.2 Å². The Labute approximate surface area is 109 Å². The number of hydrogen-bond donors (Lipinski definition) is 1. The van der Waals surface area contributed by atoms with Crippen molar-refractivity contribution in [2.24, 2.45) is 5.92 Å². The van der Waals surface area contributed by atoms with Crippen molar-refractivity contribution in [3.05, 3.63) is 35.6 Å². The van der Waals surface area contributed by atoms with Crippen LogP contribution in [-0.2, 0) is 0 Å². The van der Waals surface area contributed by atoms with Gasteiger partial charge >= 0.3 is 0 Å². The Morgan fingerprint density at radius 2 is 1.94 bits per heavy atom. The van der Waals surface area contributed by atoms with Gasteiger partial charge in [-0.1, -0.05) is 33.1 Å². The normalized spacial score (nSPS) is 12.2. The average Bonchev–Trinajstić information content (AvgIpc) is 2.39. The van der Waals surface area contributed by atoms with Gasteiger partial charge in [-0.2, -0.15) is 0 Å². The van der Waals surface area contributed by atoms with E-state index in [1.54, 1.807) is 0 Å². The summed E-state index contributed by atoms with van der Waals surface area (Å²) in [6.45, 7) is 5.01. The van der Waals surface area contributed by atoms with Crippen LogP contribution in [0.5, 0.6) is 0 Å². The van der Waals surface area contributed by atoms with Gasteiger partial charge in [-0.05, 0) is 36.6 Å². The summed E-state index contributed by atoms with van der Waals surface area (Å²) < 4.78 is 12.7. The Hall–Kier alpha value is -1.38. The topological polar surface area (TPSA) is 29.1 Å². The van der Waals surface area contributed by atoms with E-state index in [1.165, 1.54) is 37.1 Å². The molecule has 0 aromatic heterocycles. The van der Waals surface area contributed by atoms with Crippen LogP contribution in [0.15, 0.2) is 24.3 Å². The molecule has 0 saturated carbocycles. The second-order valence-corrected chi connectivity index (χ2v) is 4.63. The van der Waals surface area contributed by atoms with Crippen LogP contribution >= 0.6 is 0 Å². The van der Waals surface area contributed by atoms with Crippen molar-refractivity contribution in [1.29, 1.82) is 0 Å². The first kappa shape index (κ1) is 14.7. The Balaban J connectivity index is 2.42. The number of benzene rings is 1. The van der Waals surface area contributed by atoms with Gasteiger partial charge in [0.05, 0.1) is 0 Å². The molecule has 0 aliphatic heterocycles. The lowest BCUT2D eigenvalue weighted by Crippen LogP contribution is -2.29. The van der Waals surface area contributed by atoms with Gasteiger partial charge in [0.1, 0.15) is 5.82 Å². The number of unbranched alkanes of at least 4 members (excludes halogenated alkanes) is 1. The maximum Gasteiger partial charge on any atom is 0.251 e. The largest absolute Gasteiger partial charge is 0.352 e. The second kappa shape index (κ2) is 7.85. The van der Waals surface area contributed by atoms with Crippen LogP contribution in [0.3, 0.4) is 0 Å². The zero-order chi connectivity index (χ0) is 13.4. The Morgan fingerprint density at radius 3 is 2.50 bits per heavy atom. The fourth-order valence-electron chi connectivity index (χ4n) is 1.88. The summed E-state index contributed by atoms with van der Waals surface area (Å²) in [6.07, 6.45) is 4.60. The standard InChI is InChI=1S/C15H22FNO/c1-3-5-6-12(4-2)11-17-15(18)13-7-9-14(16)10-8-13/h7-10,12H,3-6,11H2,1-2H3,(H,17,18)/t12-/m0/s1. The minimum absolute atomic E-state index is 0.120. The minimum atomic E-state index is -0.319. The fourth-order valence-corrected chi connectivity index (χ4v) is 1.88. The van der Waals surface area contributed by atoms with Gasteiger partial charge in [-0.15, -0.1) is 0 Å². The quantitative estimate of drug-likeness (QED) is 0.785. The van der Waals surface area contributed by atoms with E-state index in [1.807, 2.05) is 0 Å². The van der Waals surface area contributed by atoms with E-state index in [0.717, 1.165) is 12.8 Å². The Morgan fingerprint density at radius 1 is 1.28 bits per heavy atom. The highest BCUT2D eigenvalue weighted by Crippen LogP contribution is 2.11. The molecule has 0 bridgehead atoms. The third kappa shape index (κ3) is 4.86. The highest BCUT2D eigenvalue weighted by Gasteiger charge is 2.09. The predicted molar refractivity (Wildman–Crippen MR) is 72.0 cm³/mol. The lowest BCUT2D eigenvalue weighted by atomic mass is 9.99. The number of hydrogen-bond acceptors (Lipinski definition) is 1. The minimum Gasteiger partial charge on any atom is -0.352 e. The molecule has 0 aliphatic rings. The molecule has 3 heteroatoms. The van der Waals surface area contributed by atoms with Crippen LogP contribution in [0.4, 0.5) is 4.39 Å². The molecule has 18 heavy (non-hydrogen) atoms. The number of carbonyl (C=O) groups excluding carboxylic acids is 1. The Bertz CT molecular complexity index is 361. The molecule has 0 unspecified atom stereocenters. The summed E-state index contributed by atoms with van der Waals surface area (Å²) in [7, 11) is 0. The first-order valence-corrected chi connectivity index (χ1v) is 6.71. The van der Waals surface area contributed by atoms with Crippen LogP contribution in [0.2, 0.25) is 0 Å². The van der Waals surface area contributed by atoms with Crippen LogP contribution < -0.4 is 5.32 Å². The molecule has 1 atom stereocenters. The summed E-state index contributed by atoms with van der Waals surface area (Å²) >= 11 is 0. The summed E-state index contributed by atoms with van der Waals surface area (Å²) in [5.41, 5.74) is 0.516. The van der Waals surface area contributed by atoms with Crippen molar-refractivity contribution in [1.82, 2.24) is 5.32 Å². The number of carbonyl (C=O) groups is 1. The molecule has 0 heterocycles. The molecule has 1 rings (SSSR count). The molecule has 1 aromatic rings. The third-order valence-electron chi connectivity index (χ3n) is 3.20. The van der Waals surface area contributed by atoms with Crippen molar-refractivity contribution in [3.8, 4) is 0 Å². The molecule has 1 amide bonds. The van der Waals surface area contributed by atoms with Gasteiger partial charge in [0.15, 0.2) is 0 Å². The molecule has 0 saturated heterocycles. The number of nitrogens with one attached hydrogen (secondary N) is 1. The molecule has 2 nitrogen and oxygen atoms in total. The van der Waals surface area contributed by atoms with Crippen LogP contribution in [0.1, 0.15) is 49.9 Å². The molecular weight excluding hydrogens is 229 g/mol. The van der Waals surface area contributed by atoms with Crippen LogP contribution in [-0.4, -0.2) is 12.5 Å². The number of halogens is 1. The predicted octanol–water partition coefficient (Wildman–Crippen LogP) is 3.77. The maximum atomic E-state index is 12.7. The smallest absolute Gasteiger partial charge is 0.251 e.